The first kappa shape index (κ1) is 13.6. The highest BCUT2D eigenvalue weighted by atomic mass is 35.5. The van der Waals surface area contributed by atoms with Gasteiger partial charge in [0, 0.05) is 6.54 Å². The Morgan fingerprint density at radius 1 is 1.10 bits per heavy atom. The molecule has 0 saturated heterocycles. The van der Waals surface area contributed by atoms with E-state index in [2.05, 4.69) is 15.6 Å². The van der Waals surface area contributed by atoms with E-state index in [1.807, 2.05) is 36.4 Å². The highest BCUT2D eigenvalue weighted by Crippen LogP contribution is 2.19. The van der Waals surface area contributed by atoms with Crippen LogP contribution in [-0.4, -0.2) is 21.5 Å². The first-order valence-corrected chi connectivity index (χ1v) is 6.94. The molecule has 0 aliphatic rings. The lowest BCUT2D eigenvalue weighted by molar-refractivity contribution is 0.566. The van der Waals surface area contributed by atoms with E-state index >= 15 is 0 Å². The third-order valence-corrected chi connectivity index (χ3v) is 3.47. The fourth-order valence-electron chi connectivity index (χ4n) is 2.07. The molecule has 1 heterocycles. The van der Waals surface area contributed by atoms with E-state index in [0.29, 0.717) is 29.0 Å². The predicted molar refractivity (Wildman–Crippen MR) is 83.7 cm³/mol. The highest BCUT2D eigenvalue weighted by molar-refractivity contribution is 6.33. The van der Waals surface area contributed by atoms with Crippen LogP contribution in [0.5, 0.6) is 0 Å². The smallest absolute Gasteiger partial charge is 0.277 e. The lowest BCUT2D eigenvalue weighted by atomic mass is 10.2. The predicted octanol–water partition coefficient (Wildman–Crippen LogP) is 2.56. The molecule has 106 valence electrons. The van der Waals surface area contributed by atoms with Gasteiger partial charge in [0.2, 0.25) is 0 Å². The van der Waals surface area contributed by atoms with Crippen LogP contribution >= 0.6 is 11.6 Å². The maximum atomic E-state index is 12.2. The molecule has 0 unspecified atom stereocenters. The second-order valence-electron chi connectivity index (χ2n) is 4.54. The van der Waals surface area contributed by atoms with Gasteiger partial charge in [-0.25, -0.2) is 4.68 Å². The normalized spacial score (nSPS) is 10.7. The molecule has 1 aromatic heterocycles. The maximum Gasteiger partial charge on any atom is 0.277 e. The number of fused-ring (bicyclic) bond motifs is 1. The van der Waals surface area contributed by atoms with Crippen LogP contribution in [0.25, 0.3) is 10.9 Å². The van der Waals surface area contributed by atoms with Crippen molar-refractivity contribution < 1.29 is 0 Å². The molecule has 1 N–H and O–H groups in total. The Morgan fingerprint density at radius 3 is 2.71 bits per heavy atom. The standard InChI is InChI=1S/C15H13ClN4O/c16-12-6-2-4-8-14(12)17-9-10-20-15(21)11-5-1-3-7-13(11)18-19-20/h1-8,17H,9-10H2. The van der Waals surface area contributed by atoms with Crippen molar-refractivity contribution in [3.05, 3.63) is 63.9 Å². The largest absolute Gasteiger partial charge is 0.382 e. The zero-order valence-electron chi connectivity index (χ0n) is 11.2. The fraction of sp³-hybridized carbons (Fsp3) is 0.133. The molecule has 2 aromatic carbocycles. The molecule has 3 aromatic rings. The van der Waals surface area contributed by atoms with Crippen LogP contribution in [0.1, 0.15) is 0 Å². The van der Waals surface area contributed by atoms with Crippen molar-refractivity contribution in [1.29, 1.82) is 0 Å². The minimum atomic E-state index is -0.137. The maximum absolute atomic E-state index is 12.2. The molecule has 0 bridgehead atoms. The van der Waals surface area contributed by atoms with Crippen LogP contribution in [0.2, 0.25) is 5.02 Å². The second-order valence-corrected chi connectivity index (χ2v) is 4.95. The number of para-hydroxylation sites is 1. The molecule has 21 heavy (non-hydrogen) atoms. The van der Waals surface area contributed by atoms with E-state index in [1.54, 1.807) is 12.1 Å². The van der Waals surface area contributed by atoms with Gasteiger partial charge >= 0.3 is 0 Å². The SMILES string of the molecule is O=c1c2ccccc2nnn1CCNc1ccccc1Cl. The minimum absolute atomic E-state index is 0.137. The average Bonchev–Trinajstić information content (AvgIpc) is 2.52. The molecule has 0 radical (unpaired) electrons. The molecular formula is C15H13ClN4O. The van der Waals surface area contributed by atoms with Crippen molar-refractivity contribution in [2.45, 2.75) is 6.54 Å². The van der Waals surface area contributed by atoms with Gasteiger partial charge in [0.15, 0.2) is 0 Å². The fourth-order valence-corrected chi connectivity index (χ4v) is 2.27. The molecule has 0 spiro atoms. The Morgan fingerprint density at radius 2 is 1.86 bits per heavy atom. The van der Waals surface area contributed by atoms with E-state index in [0.717, 1.165) is 5.69 Å². The molecule has 0 amide bonds. The third-order valence-electron chi connectivity index (χ3n) is 3.14. The topological polar surface area (TPSA) is 59.8 Å². The quantitative estimate of drug-likeness (QED) is 0.804. The van der Waals surface area contributed by atoms with Crippen molar-refractivity contribution in [3.8, 4) is 0 Å². The van der Waals surface area contributed by atoms with Crippen LogP contribution < -0.4 is 10.9 Å². The van der Waals surface area contributed by atoms with E-state index < -0.39 is 0 Å². The molecule has 0 saturated carbocycles. The van der Waals surface area contributed by atoms with Crippen molar-refractivity contribution in [3.63, 3.8) is 0 Å². The van der Waals surface area contributed by atoms with Crippen LogP contribution in [0.4, 0.5) is 5.69 Å². The van der Waals surface area contributed by atoms with Crippen molar-refractivity contribution in [1.82, 2.24) is 15.0 Å². The summed E-state index contributed by atoms with van der Waals surface area (Å²) in [6.45, 7) is 0.957. The molecule has 3 rings (SSSR count). The average molecular weight is 301 g/mol. The first-order chi connectivity index (χ1) is 10.3. The summed E-state index contributed by atoms with van der Waals surface area (Å²) in [5.74, 6) is 0. The van der Waals surface area contributed by atoms with Crippen molar-refractivity contribution in [2.75, 3.05) is 11.9 Å². The zero-order chi connectivity index (χ0) is 14.7. The van der Waals surface area contributed by atoms with E-state index in [1.165, 1.54) is 4.68 Å². The van der Waals surface area contributed by atoms with Gasteiger partial charge in [-0.1, -0.05) is 41.1 Å². The number of hydrogen-bond donors (Lipinski definition) is 1. The van der Waals surface area contributed by atoms with Crippen LogP contribution in [0, 0.1) is 0 Å². The Bertz CT molecular complexity index is 831. The minimum Gasteiger partial charge on any atom is -0.382 e. The number of nitrogens with one attached hydrogen (secondary N) is 1. The summed E-state index contributed by atoms with van der Waals surface area (Å²) in [5, 5.41) is 12.4. The number of halogens is 1. The molecule has 5 nitrogen and oxygen atoms in total. The summed E-state index contributed by atoms with van der Waals surface area (Å²) in [7, 11) is 0. The Labute approximate surface area is 126 Å². The van der Waals surface area contributed by atoms with Gasteiger partial charge in [-0.05, 0) is 24.3 Å². The molecule has 0 aliphatic carbocycles. The number of aromatic nitrogens is 3. The summed E-state index contributed by atoms with van der Waals surface area (Å²) >= 11 is 6.06. The summed E-state index contributed by atoms with van der Waals surface area (Å²) in [5.41, 5.74) is 1.31. The van der Waals surface area contributed by atoms with Crippen LogP contribution in [0.15, 0.2) is 53.3 Å². The second kappa shape index (κ2) is 5.93. The summed E-state index contributed by atoms with van der Waals surface area (Å²) < 4.78 is 1.35. The zero-order valence-corrected chi connectivity index (χ0v) is 11.9. The van der Waals surface area contributed by atoms with Gasteiger partial charge in [-0.2, -0.15) is 0 Å². The van der Waals surface area contributed by atoms with Gasteiger partial charge in [0.25, 0.3) is 5.56 Å². The number of nitrogens with zero attached hydrogens (tertiary/aromatic N) is 3. The van der Waals surface area contributed by atoms with Gasteiger partial charge in [-0.15, -0.1) is 5.10 Å². The van der Waals surface area contributed by atoms with Crippen LogP contribution in [0.3, 0.4) is 0 Å². The number of anilines is 1. The molecule has 6 heteroatoms. The van der Waals surface area contributed by atoms with Gasteiger partial charge < -0.3 is 5.32 Å². The lowest BCUT2D eigenvalue weighted by Crippen LogP contribution is -2.27. The van der Waals surface area contributed by atoms with Crippen LogP contribution in [-0.2, 0) is 6.54 Å². The van der Waals surface area contributed by atoms with E-state index in [4.69, 9.17) is 11.6 Å². The summed E-state index contributed by atoms with van der Waals surface area (Å²) in [6.07, 6.45) is 0. The van der Waals surface area contributed by atoms with Gasteiger partial charge in [0.05, 0.1) is 22.6 Å². The number of hydrogen-bond acceptors (Lipinski definition) is 4. The Balaban J connectivity index is 1.76. The van der Waals surface area contributed by atoms with Crippen molar-refractivity contribution >= 4 is 28.2 Å². The number of benzene rings is 2. The van der Waals surface area contributed by atoms with Gasteiger partial charge in [-0.3, -0.25) is 4.79 Å². The highest BCUT2D eigenvalue weighted by Gasteiger charge is 2.04. The monoisotopic (exact) mass is 300 g/mol. The molecular weight excluding hydrogens is 288 g/mol. The van der Waals surface area contributed by atoms with Gasteiger partial charge in [0.1, 0.15) is 5.52 Å². The molecule has 0 atom stereocenters. The first-order valence-electron chi connectivity index (χ1n) is 6.56. The Hall–Kier alpha value is -2.40. The Kier molecular flexibility index (Phi) is 3.83. The third kappa shape index (κ3) is 2.87. The van der Waals surface area contributed by atoms with E-state index in [-0.39, 0.29) is 5.56 Å². The summed E-state index contributed by atoms with van der Waals surface area (Å²) in [6, 6.07) is 14.6. The summed E-state index contributed by atoms with van der Waals surface area (Å²) in [4.78, 5) is 12.2. The van der Waals surface area contributed by atoms with E-state index in [9.17, 15) is 4.79 Å². The molecule has 0 fully saturated rings. The number of rotatable bonds is 4. The lowest BCUT2D eigenvalue weighted by Gasteiger charge is -2.09. The molecule has 0 aliphatic heterocycles. The van der Waals surface area contributed by atoms with Crippen molar-refractivity contribution in [2.24, 2.45) is 0 Å².